The number of hydrogen-bond donors (Lipinski definition) is 1. The lowest BCUT2D eigenvalue weighted by molar-refractivity contribution is -0.120. The van der Waals surface area contributed by atoms with Crippen LogP contribution in [0, 0.1) is 6.92 Å². The van der Waals surface area contributed by atoms with Crippen LogP contribution in [0.3, 0.4) is 0 Å². The van der Waals surface area contributed by atoms with Gasteiger partial charge in [-0.05, 0) is 66.6 Å². The van der Waals surface area contributed by atoms with Gasteiger partial charge in [-0.25, -0.2) is 13.1 Å². The number of nitrogens with one attached hydrogen (secondary N) is 1. The highest BCUT2D eigenvalue weighted by Gasteiger charge is 2.37. The van der Waals surface area contributed by atoms with E-state index in [9.17, 15) is 13.2 Å². The number of aromatic nitrogens is 4. The Bertz CT molecular complexity index is 1110. The second-order valence-electron chi connectivity index (χ2n) is 7.23. The van der Waals surface area contributed by atoms with Crippen LogP contribution in [0.2, 0.25) is 0 Å². The molecule has 4 rings (SSSR count). The van der Waals surface area contributed by atoms with Gasteiger partial charge in [0.2, 0.25) is 15.9 Å². The Kier molecular flexibility index (Phi) is 5.60. The Morgan fingerprint density at radius 3 is 2.47 bits per heavy atom. The summed E-state index contributed by atoms with van der Waals surface area (Å²) in [6.45, 7) is 2.23. The first-order valence-electron chi connectivity index (χ1n) is 9.68. The van der Waals surface area contributed by atoms with Crippen LogP contribution in [-0.2, 0) is 14.8 Å². The molecular formula is C20H22N6O3S. The average molecular weight is 427 g/mol. The van der Waals surface area contributed by atoms with E-state index in [1.165, 1.54) is 15.3 Å². The van der Waals surface area contributed by atoms with Crippen molar-refractivity contribution in [1.82, 2.24) is 24.5 Å². The van der Waals surface area contributed by atoms with E-state index < -0.39 is 16.1 Å². The number of rotatable bonds is 5. The molecule has 0 spiro atoms. The van der Waals surface area contributed by atoms with Gasteiger partial charge in [-0.2, -0.15) is 4.31 Å². The number of hydrogen-bond acceptors (Lipinski definition) is 6. The van der Waals surface area contributed by atoms with Crippen molar-refractivity contribution in [3.63, 3.8) is 0 Å². The van der Waals surface area contributed by atoms with E-state index >= 15 is 0 Å². The third kappa shape index (κ3) is 4.10. The number of nitrogens with zero attached hydrogens (tertiary/aromatic N) is 5. The van der Waals surface area contributed by atoms with Crippen molar-refractivity contribution in [1.29, 1.82) is 0 Å². The number of carbonyl (C=O) groups is 1. The Morgan fingerprint density at radius 2 is 1.80 bits per heavy atom. The zero-order valence-electron chi connectivity index (χ0n) is 16.5. The molecule has 1 aliphatic rings. The first-order valence-corrected chi connectivity index (χ1v) is 11.1. The number of piperidine rings is 1. The summed E-state index contributed by atoms with van der Waals surface area (Å²) in [5.41, 5.74) is 2.31. The number of sulfonamides is 1. The van der Waals surface area contributed by atoms with E-state index in [0.717, 1.165) is 24.1 Å². The van der Waals surface area contributed by atoms with Crippen LogP contribution in [0.4, 0.5) is 5.69 Å². The van der Waals surface area contributed by atoms with Crippen molar-refractivity contribution in [3.05, 3.63) is 60.4 Å². The van der Waals surface area contributed by atoms with Crippen LogP contribution in [0.1, 0.15) is 24.8 Å². The number of carbonyl (C=O) groups excluding carboxylic acids is 1. The van der Waals surface area contributed by atoms with Crippen molar-refractivity contribution in [2.45, 2.75) is 37.1 Å². The highest BCUT2D eigenvalue weighted by molar-refractivity contribution is 7.89. The molecule has 1 fully saturated rings. The first-order chi connectivity index (χ1) is 14.4. The largest absolute Gasteiger partial charge is 0.325 e. The molecule has 0 aliphatic carbocycles. The lowest BCUT2D eigenvalue weighted by atomic mass is 10.0. The summed E-state index contributed by atoms with van der Waals surface area (Å²) in [4.78, 5) is 13.2. The highest BCUT2D eigenvalue weighted by Crippen LogP contribution is 2.26. The first kappa shape index (κ1) is 20.2. The van der Waals surface area contributed by atoms with Crippen LogP contribution in [-0.4, -0.2) is 51.4 Å². The molecule has 9 nitrogen and oxygen atoms in total. The van der Waals surface area contributed by atoms with E-state index in [1.54, 1.807) is 48.5 Å². The molecule has 0 bridgehead atoms. The lowest BCUT2D eigenvalue weighted by Gasteiger charge is -2.33. The molecule has 2 aromatic carbocycles. The minimum atomic E-state index is -3.75. The second kappa shape index (κ2) is 8.33. The maximum Gasteiger partial charge on any atom is 0.243 e. The number of aryl methyl sites for hydroxylation is 1. The van der Waals surface area contributed by atoms with E-state index in [0.29, 0.717) is 18.7 Å². The molecule has 3 aromatic rings. The zero-order valence-corrected chi connectivity index (χ0v) is 17.3. The predicted molar refractivity (Wildman–Crippen MR) is 110 cm³/mol. The highest BCUT2D eigenvalue weighted by atomic mass is 32.2. The Hall–Kier alpha value is -3.11. The summed E-state index contributed by atoms with van der Waals surface area (Å²) in [5.74, 6) is -0.333. The molecule has 156 valence electrons. The maximum atomic E-state index is 13.2. The van der Waals surface area contributed by atoms with Gasteiger partial charge in [0.25, 0.3) is 0 Å². The molecule has 0 unspecified atom stereocenters. The topological polar surface area (TPSA) is 110 Å². The zero-order chi connectivity index (χ0) is 21.1. The van der Waals surface area contributed by atoms with Gasteiger partial charge in [0.1, 0.15) is 12.4 Å². The summed E-state index contributed by atoms with van der Waals surface area (Å²) in [6.07, 6.45) is 3.49. The quantitative estimate of drug-likeness (QED) is 0.669. The van der Waals surface area contributed by atoms with Gasteiger partial charge in [0.15, 0.2) is 0 Å². The van der Waals surface area contributed by atoms with Crippen molar-refractivity contribution in [2.75, 3.05) is 11.9 Å². The summed E-state index contributed by atoms with van der Waals surface area (Å²) in [6, 6.07) is 13.0. The molecule has 0 radical (unpaired) electrons. The third-order valence-corrected chi connectivity index (χ3v) is 7.05. The molecule has 1 aliphatic heterocycles. The molecule has 1 amide bonds. The van der Waals surface area contributed by atoms with Crippen LogP contribution in [0.25, 0.3) is 5.69 Å². The number of amides is 1. The molecule has 2 heterocycles. The van der Waals surface area contributed by atoms with Gasteiger partial charge < -0.3 is 5.32 Å². The molecule has 1 atom stereocenters. The fourth-order valence-corrected chi connectivity index (χ4v) is 5.16. The molecule has 1 saturated heterocycles. The summed E-state index contributed by atoms with van der Waals surface area (Å²) < 4.78 is 29.2. The van der Waals surface area contributed by atoms with Gasteiger partial charge in [0.05, 0.1) is 10.6 Å². The smallest absolute Gasteiger partial charge is 0.243 e. The van der Waals surface area contributed by atoms with Crippen LogP contribution in [0.5, 0.6) is 0 Å². The standard InChI is InChI=1S/C20H22N6O3S/c1-15-5-11-18(12-6-15)30(28,29)26-13-3-2-4-19(26)20(27)22-16-7-9-17(10-8-16)25-14-21-23-24-25/h5-12,14,19H,2-4,13H2,1H3,(H,22,27)/t19-/m0/s1. The molecule has 30 heavy (non-hydrogen) atoms. The number of benzene rings is 2. The van der Waals surface area contributed by atoms with Crippen LogP contribution >= 0.6 is 0 Å². The average Bonchev–Trinajstić information content (AvgIpc) is 3.29. The molecule has 10 heteroatoms. The Morgan fingerprint density at radius 1 is 1.07 bits per heavy atom. The fraction of sp³-hybridized carbons (Fsp3) is 0.300. The predicted octanol–water partition coefficient (Wildman–Crippen LogP) is 2.15. The van der Waals surface area contributed by atoms with Crippen molar-refractivity contribution < 1.29 is 13.2 Å². The van der Waals surface area contributed by atoms with Crippen molar-refractivity contribution in [2.24, 2.45) is 0 Å². The number of tetrazole rings is 1. The van der Waals surface area contributed by atoms with Crippen LogP contribution in [0.15, 0.2) is 59.8 Å². The molecule has 1 aromatic heterocycles. The van der Waals surface area contributed by atoms with E-state index in [4.69, 9.17) is 0 Å². The lowest BCUT2D eigenvalue weighted by Crippen LogP contribution is -2.49. The summed E-state index contributed by atoms with van der Waals surface area (Å²) >= 11 is 0. The number of anilines is 1. The van der Waals surface area contributed by atoms with E-state index in [1.807, 2.05) is 6.92 Å². The summed E-state index contributed by atoms with van der Waals surface area (Å²) in [7, 11) is -3.75. The second-order valence-corrected chi connectivity index (χ2v) is 9.12. The van der Waals surface area contributed by atoms with Crippen LogP contribution < -0.4 is 5.32 Å². The Labute approximate surface area is 174 Å². The minimum absolute atomic E-state index is 0.207. The van der Waals surface area contributed by atoms with E-state index in [-0.39, 0.29) is 10.8 Å². The summed E-state index contributed by atoms with van der Waals surface area (Å²) in [5, 5.41) is 13.8. The van der Waals surface area contributed by atoms with E-state index in [2.05, 4.69) is 20.8 Å². The molecule has 1 N–H and O–H groups in total. The molecule has 0 saturated carbocycles. The van der Waals surface area contributed by atoms with Gasteiger partial charge in [-0.1, -0.05) is 24.1 Å². The fourth-order valence-electron chi connectivity index (χ4n) is 3.50. The van der Waals surface area contributed by atoms with Gasteiger partial charge in [-0.3, -0.25) is 4.79 Å². The van der Waals surface area contributed by atoms with Crippen molar-refractivity contribution >= 4 is 21.6 Å². The van der Waals surface area contributed by atoms with Gasteiger partial charge in [0, 0.05) is 12.2 Å². The van der Waals surface area contributed by atoms with Gasteiger partial charge >= 0.3 is 0 Å². The maximum absolute atomic E-state index is 13.2. The van der Waals surface area contributed by atoms with Gasteiger partial charge in [-0.15, -0.1) is 5.10 Å². The minimum Gasteiger partial charge on any atom is -0.325 e. The normalized spacial score (nSPS) is 17.6. The Balaban J connectivity index is 1.52. The van der Waals surface area contributed by atoms with Crippen molar-refractivity contribution in [3.8, 4) is 5.69 Å². The molecular weight excluding hydrogens is 404 g/mol. The monoisotopic (exact) mass is 426 g/mol. The third-order valence-electron chi connectivity index (χ3n) is 5.13. The SMILES string of the molecule is Cc1ccc(S(=O)(=O)N2CCCC[C@H]2C(=O)Nc2ccc(-n3cnnn3)cc2)cc1.